The first-order valence-electron chi connectivity index (χ1n) is 7.01. The third-order valence-corrected chi connectivity index (χ3v) is 4.15. The van der Waals surface area contributed by atoms with Crippen molar-refractivity contribution < 1.29 is 4.74 Å². The van der Waals surface area contributed by atoms with E-state index in [9.17, 15) is 0 Å². The molecule has 3 heteroatoms. The van der Waals surface area contributed by atoms with E-state index in [0.717, 1.165) is 27.4 Å². The Morgan fingerprint density at radius 1 is 1.26 bits per heavy atom. The molecule has 0 aliphatic heterocycles. The van der Waals surface area contributed by atoms with Gasteiger partial charge in [-0.15, -0.1) is 0 Å². The van der Waals surface area contributed by atoms with Gasteiger partial charge in [0.1, 0.15) is 5.75 Å². The van der Waals surface area contributed by atoms with Gasteiger partial charge in [0.2, 0.25) is 0 Å². The zero-order valence-corrected chi connectivity index (χ0v) is 11.9. The molecule has 0 radical (unpaired) electrons. The molecule has 0 amide bonds. The van der Waals surface area contributed by atoms with E-state index in [2.05, 4.69) is 0 Å². The third kappa shape index (κ3) is 2.55. The average Bonchev–Trinajstić information content (AvgIpc) is 2.93. The predicted molar refractivity (Wildman–Crippen MR) is 79.1 cm³/mol. The second-order valence-electron chi connectivity index (χ2n) is 5.12. The quantitative estimate of drug-likeness (QED) is 0.791. The summed E-state index contributed by atoms with van der Waals surface area (Å²) in [5, 5.41) is 1.77. The van der Waals surface area contributed by atoms with E-state index in [1.807, 2.05) is 31.2 Å². The molecule has 0 spiro atoms. The fourth-order valence-electron chi connectivity index (χ4n) is 2.87. The van der Waals surface area contributed by atoms with Crippen LogP contribution in [0.1, 0.15) is 44.2 Å². The Hall–Kier alpha value is -1.28. The van der Waals surface area contributed by atoms with Gasteiger partial charge in [-0.3, -0.25) is 4.98 Å². The van der Waals surface area contributed by atoms with Crippen molar-refractivity contribution in [1.29, 1.82) is 0 Å². The number of hydrogen-bond acceptors (Lipinski definition) is 2. The minimum atomic E-state index is 0.591. The lowest BCUT2D eigenvalue weighted by molar-refractivity contribution is 0.340. The maximum absolute atomic E-state index is 6.42. The number of benzene rings is 1. The van der Waals surface area contributed by atoms with Gasteiger partial charge in [0.05, 0.1) is 17.1 Å². The van der Waals surface area contributed by atoms with E-state index in [-0.39, 0.29) is 0 Å². The molecule has 100 valence electrons. The van der Waals surface area contributed by atoms with Crippen LogP contribution in [0, 0.1) is 0 Å². The van der Waals surface area contributed by atoms with Gasteiger partial charge in [-0.05, 0) is 44.0 Å². The zero-order chi connectivity index (χ0) is 13.2. The van der Waals surface area contributed by atoms with Crippen molar-refractivity contribution in [3.05, 3.63) is 35.0 Å². The molecular weight excluding hydrogens is 258 g/mol. The van der Waals surface area contributed by atoms with Crippen molar-refractivity contribution in [1.82, 2.24) is 4.98 Å². The van der Waals surface area contributed by atoms with Gasteiger partial charge in [0.15, 0.2) is 0 Å². The monoisotopic (exact) mass is 275 g/mol. The van der Waals surface area contributed by atoms with E-state index < -0.39 is 0 Å². The van der Waals surface area contributed by atoms with Crippen molar-refractivity contribution in [3.63, 3.8) is 0 Å². The molecule has 1 aliphatic rings. The van der Waals surface area contributed by atoms with Crippen LogP contribution >= 0.6 is 11.6 Å². The summed E-state index contributed by atoms with van der Waals surface area (Å²) in [5.41, 5.74) is 2.12. The van der Waals surface area contributed by atoms with E-state index in [0.29, 0.717) is 12.5 Å². The van der Waals surface area contributed by atoms with Crippen LogP contribution in [0.4, 0.5) is 0 Å². The topological polar surface area (TPSA) is 22.1 Å². The molecule has 1 heterocycles. The van der Waals surface area contributed by atoms with Crippen molar-refractivity contribution in [3.8, 4) is 5.75 Å². The molecule has 1 saturated carbocycles. The van der Waals surface area contributed by atoms with E-state index in [1.165, 1.54) is 25.7 Å². The molecule has 1 fully saturated rings. The van der Waals surface area contributed by atoms with Crippen LogP contribution in [0.25, 0.3) is 10.9 Å². The Labute approximate surface area is 118 Å². The molecule has 19 heavy (non-hydrogen) atoms. The Bertz CT molecular complexity index is 591. The largest absolute Gasteiger partial charge is 0.494 e. The number of aromatic nitrogens is 1. The Morgan fingerprint density at radius 3 is 2.79 bits per heavy atom. The van der Waals surface area contributed by atoms with E-state index >= 15 is 0 Å². The molecule has 0 atom stereocenters. The van der Waals surface area contributed by atoms with Crippen molar-refractivity contribution >= 4 is 22.5 Å². The second-order valence-corrected chi connectivity index (χ2v) is 5.53. The molecule has 0 bridgehead atoms. The van der Waals surface area contributed by atoms with Crippen LogP contribution in [0.3, 0.4) is 0 Å². The lowest BCUT2D eigenvalue weighted by Gasteiger charge is -2.12. The number of nitrogens with zero attached hydrogens (tertiary/aromatic N) is 1. The number of halogens is 1. The van der Waals surface area contributed by atoms with Crippen LogP contribution in [0.5, 0.6) is 5.75 Å². The number of rotatable bonds is 3. The summed E-state index contributed by atoms with van der Waals surface area (Å²) in [4.78, 5) is 4.78. The van der Waals surface area contributed by atoms with Gasteiger partial charge in [0.25, 0.3) is 0 Å². The number of ether oxygens (including phenoxy) is 1. The lowest BCUT2D eigenvalue weighted by atomic mass is 10.0. The number of fused-ring (bicyclic) bond motifs is 1. The smallest absolute Gasteiger partial charge is 0.120 e. The fourth-order valence-corrected chi connectivity index (χ4v) is 3.13. The molecular formula is C16H18ClNO. The summed E-state index contributed by atoms with van der Waals surface area (Å²) in [6.07, 6.45) is 5.11. The van der Waals surface area contributed by atoms with Crippen molar-refractivity contribution in [2.24, 2.45) is 0 Å². The number of pyridine rings is 1. The van der Waals surface area contributed by atoms with E-state index in [1.54, 1.807) is 0 Å². The predicted octanol–water partition coefficient (Wildman–Crippen LogP) is 4.94. The van der Waals surface area contributed by atoms with Gasteiger partial charge in [-0.1, -0.05) is 24.4 Å². The van der Waals surface area contributed by atoms with Gasteiger partial charge < -0.3 is 4.74 Å². The SMILES string of the molecule is CCOc1ccc2nc(C3CCCC3)cc(Cl)c2c1. The molecule has 2 nitrogen and oxygen atoms in total. The Morgan fingerprint density at radius 2 is 2.05 bits per heavy atom. The minimum absolute atomic E-state index is 0.591. The highest BCUT2D eigenvalue weighted by atomic mass is 35.5. The van der Waals surface area contributed by atoms with Gasteiger partial charge in [-0.25, -0.2) is 0 Å². The second kappa shape index (κ2) is 5.38. The van der Waals surface area contributed by atoms with Gasteiger partial charge in [-0.2, -0.15) is 0 Å². The van der Waals surface area contributed by atoms with Crippen LogP contribution in [-0.2, 0) is 0 Å². The summed E-state index contributed by atoms with van der Waals surface area (Å²) in [6, 6.07) is 7.99. The molecule has 0 saturated heterocycles. The highest BCUT2D eigenvalue weighted by Crippen LogP contribution is 2.36. The lowest BCUT2D eigenvalue weighted by Crippen LogP contribution is -1.98. The van der Waals surface area contributed by atoms with Crippen LogP contribution in [0.2, 0.25) is 5.02 Å². The third-order valence-electron chi connectivity index (χ3n) is 3.83. The van der Waals surface area contributed by atoms with E-state index in [4.69, 9.17) is 21.3 Å². The highest BCUT2D eigenvalue weighted by Gasteiger charge is 2.19. The van der Waals surface area contributed by atoms with Gasteiger partial charge >= 0.3 is 0 Å². The summed E-state index contributed by atoms with van der Waals surface area (Å²) < 4.78 is 5.51. The maximum Gasteiger partial charge on any atom is 0.120 e. The first-order chi connectivity index (χ1) is 9.28. The Balaban J connectivity index is 2.03. The van der Waals surface area contributed by atoms with Crippen molar-refractivity contribution in [2.45, 2.75) is 38.5 Å². The van der Waals surface area contributed by atoms with Crippen LogP contribution in [0.15, 0.2) is 24.3 Å². The molecule has 1 aromatic heterocycles. The molecule has 3 rings (SSSR count). The first kappa shape index (κ1) is 12.7. The average molecular weight is 276 g/mol. The van der Waals surface area contributed by atoms with Gasteiger partial charge in [0, 0.05) is 17.0 Å². The minimum Gasteiger partial charge on any atom is -0.494 e. The van der Waals surface area contributed by atoms with Crippen molar-refractivity contribution in [2.75, 3.05) is 6.61 Å². The fraction of sp³-hybridized carbons (Fsp3) is 0.438. The highest BCUT2D eigenvalue weighted by molar-refractivity contribution is 6.35. The molecule has 2 aromatic rings. The van der Waals surface area contributed by atoms with Crippen LogP contribution < -0.4 is 4.74 Å². The zero-order valence-electron chi connectivity index (χ0n) is 11.2. The first-order valence-corrected chi connectivity index (χ1v) is 7.38. The molecule has 1 aromatic carbocycles. The summed E-state index contributed by atoms with van der Waals surface area (Å²) in [7, 11) is 0. The standard InChI is InChI=1S/C16H18ClNO/c1-2-19-12-7-8-15-13(9-12)14(17)10-16(18-15)11-5-3-4-6-11/h7-11H,2-6H2,1H3. The summed E-state index contributed by atoms with van der Waals surface area (Å²) >= 11 is 6.42. The summed E-state index contributed by atoms with van der Waals surface area (Å²) in [6.45, 7) is 2.64. The maximum atomic E-state index is 6.42. The number of hydrogen-bond donors (Lipinski definition) is 0. The Kier molecular flexibility index (Phi) is 3.61. The summed E-state index contributed by atoms with van der Waals surface area (Å²) in [5.74, 6) is 1.45. The normalized spacial score (nSPS) is 16.1. The molecule has 0 N–H and O–H groups in total. The van der Waals surface area contributed by atoms with Crippen LogP contribution in [-0.4, -0.2) is 11.6 Å². The molecule has 0 unspecified atom stereocenters. The molecule has 1 aliphatic carbocycles.